The van der Waals surface area contributed by atoms with Crippen molar-refractivity contribution in [2.45, 2.75) is 13.5 Å². The van der Waals surface area contributed by atoms with Gasteiger partial charge >= 0.3 is 12.0 Å². The predicted molar refractivity (Wildman–Crippen MR) is 81.1 cm³/mol. The number of urea groups is 1. The minimum Gasteiger partial charge on any atom is -0.478 e. The second kappa shape index (κ2) is 8.35. The molecular formula is C13H19N3O5S. The minimum atomic E-state index is -3.25. The molecule has 2 amide bonds. The monoisotopic (exact) mass is 329 g/mol. The Morgan fingerprint density at radius 1 is 1.09 bits per heavy atom. The highest BCUT2D eigenvalue weighted by atomic mass is 32.2. The lowest BCUT2D eigenvalue weighted by Gasteiger charge is -2.08. The van der Waals surface area contributed by atoms with Gasteiger partial charge in [0, 0.05) is 19.6 Å². The largest absolute Gasteiger partial charge is 0.478 e. The maximum atomic E-state index is 11.5. The first-order chi connectivity index (χ1) is 10.3. The number of aromatic carboxylic acids is 1. The van der Waals surface area contributed by atoms with Gasteiger partial charge < -0.3 is 15.7 Å². The molecule has 1 aromatic rings. The van der Waals surface area contributed by atoms with Gasteiger partial charge in [-0.15, -0.1) is 0 Å². The van der Waals surface area contributed by atoms with E-state index in [9.17, 15) is 18.0 Å². The maximum absolute atomic E-state index is 11.5. The fourth-order valence-electron chi connectivity index (χ4n) is 1.49. The maximum Gasteiger partial charge on any atom is 0.335 e. The van der Waals surface area contributed by atoms with Crippen molar-refractivity contribution in [3.63, 3.8) is 0 Å². The van der Waals surface area contributed by atoms with Gasteiger partial charge in [-0.05, 0) is 24.6 Å². The highest BCUT2D eigenvalue weighted by Gasteiger charge is 2.06. The van der Waals surface area contributed by atoms with E-state index in [-0.39, 0.29) is 31.0 Å². The second-order valence-electron chi connectivity index (χ2n) is 4.41. The summed E-state index contributed by atoms with van der Waals surface area (Å²) in [7, 11) is -3.25. The van der Waals surface area contributed by atoms with Crippen molar-refractivity contribution in [2.75, 3.05) is 18.8 Å². The minimum absolute atomic E-state index is 0.00840. The molecule has 0 radical (unpaired) electrons. The van der Waals surface area contributed by atoms with Crippen molar-refractivity contribution in [1.82, 2.24) is 15.4 Å². The third-order valence-corrected chi connectivity index (χ3v) is 4.17. The fraction of sp³-hybridized carbons (Fsp3) is 0.385. The summed E-state index contributed by atoms with van der Waals surface area (Å²) in [5, 5.41) is 13.9. The zero-order valence-electron chi connectivity index (χ0n) is 12.1. The number of hydrogen-bond acceptors (Lipinski definition) is 4. The van der Waals surface area contributed by atoms with E-state index >= 15 is 0 Å². The van der Waals surface area contributed by atoms with Gasteiger partial charge in [0.2, 0.25) is 10.0 Å². The molecule has 22 heavy (non-hydrogen) atoms. The summed E-state index contributed by atoms with van der Waals surface area (Å²) in [6, 6.07) is 5.70. The van der Waals surface area contributed by atoms with Gasteiger partial charge in [-0.1, -0.05) is 12.1 Å². The van der Waals surface area contributed by atoms with E-state index < -0.39 is 22.0 Å². The third-order valence-electron chi connectivity index (χ3n) is 2.77. The molecule has 0 atom stereocenters. The molecule has 0 aliphatic carbocycles. The summed E-state index contributed by atoms with van der Waals surface area (Å²) in [5.41, 5.74) is 0.934. The summed E-state index contributed by atoms with van der Waals surface area (Å²) >= 11 is 0. The normalized spacial score (nSPS) is 11.0. The molecule has 0 unspecified atom stereocenters. The van der Waals surface area contributed by atoms with Crippen molar-refractivity contribution in [2.24, 2.45) is 0 Å². The zero-order valence-corrected chi connectivity index (χ0v) is 12.9. The van der Waals surface area contributed by atoms with Crippen LogP contribution in [0.2, 0.25) is 0 Å². The van der Waals surface area contributed by atoms with Gasteiger partial charge in [0.1, 0.15) is 0 Å². The first-order valence-electron chi connectivity index (χ1n) is 6.65. The molecule has 1 aromatic carbocycles. The highest BCUT2D eigenvalue weighted by molar-refractivity contribution is 7.89. The number of carbonyl (C=O) groups excluding carboxylic acids is 1. The first-order valence-corrected chi connectivity index (χ1v) is 8.30. The predicted octanol–water partition coefficient (Wildman–Crippen LogP) is 0.123. The SMILES string of the molecule is CCS(=O)(=O)NCCNC(=O)NCc1ccc(C(=O)O)cc1. The van der Waals surface area contributed by atoms with E-state index in [1.807, 2.05) is 0 Å². The molecular weight excluding hydrogens is 310 g/mol. The second-order valence-corrected chi connectivity index (χ2v) is 6.50. The molecule has 0 aromatic heterocycles. The number of sulfonamides is 1. The zero-order chi connectivity index (χ0) is 16.6. The van der Waals surface area contributed by atoms with E-state index in [1.54, 1.807) is 12.1 Å². The number of hydrogen-bond donors (Lipinski definition) is 4. The van der Waals surface area contributed by atoms with Gasteiger partial charge in [0.25, 0.3) is 0 Å². The van der Waals surface area contributed by atoms with Gasteiger partial charge in [-0.25, -0.2) is 22.7 Å². The van der Waals surface area contributed by atoms with Crippen molar-refractivity contribution in [3.8, 4) is 0 Å². The average molecular weight is 329 g/mol. The van der Waals surface area contributed by atoms with Crippen LogP contribution >= 0.6 is 0 Å². The number of carboxylic acids is 1. The van der Waals surface area contributed by atoms with Crippen molar-refractivity contribution in [1.29, 1.82) is 0 Å². The smallest absolute Gasteiger partial charge is 0.335 e. The first kappa shape index (κ1) is 17.9. The third kappa shape index (κ3) is 6.55. The number of carbonyl (C=O) groups is 2. The molecule has 9 heteroatoms. The number of amides is 2. The Bertz CT molecular complexity index is 613. The summed E-state index contributed by atoms with van der Waals surface area (Å²) in [5.74, 6) is -1.02. The van der Waals surface area contributed by atoms with E-state index in [1.165, 1.54) is 19.1 Å². The van der Waals surface area contributed by atoms with Crippen LogP contribution in [0.4, 0.5) is 4.79 Å². The summed E-state index contributed by atoms with van der Waals surface area (Å²) in [4.78, 5) is 22.2. The van der Waals surface area contributed by atoms with Crippen LogP contribution in [0.15, 0.2) is 24.3 Å². The lowest BCUT2D eigenvalue weighted by Crippen LogP contribution is -2.40. The Hall–Kier alpha value is -2.13. The highest BCUT2D eigenvalue weighted by Crippen LogP contribution is 2.03. The quantitative estimate of drug-likeness (QED) is 0.504. The van der Waals surface area contributed by atoms with Crippen molar-refractivity contribution in [3.05, 3.63) is 35.4 Å². The van der Waals surface area contributed by atoms with Crippen LogP contribution in [0.1, 0.15) is 22.8 Å². The van der Waals surface area contributed by atoms with E-state index in [4.69, 9.17) is 5.11 Å². The van der Waals surface area contributed by atoms with E-state index in [2.05, 4.69) is 15.4 Å². The van der Waals surface area contributed by atoms with Gasteiger partial charge in [0.15, 0.2) is 0 Å². The average Bonchev–Trinajstić information content (AvgIpc) is 2.50. The lowest BCUT2D eigenvalue weighted by atomic mass is 10.1. The van der Waals surface area contributed by atoms with Crippen LogP contribution in [0.5, 0.6) is 0 Å². The van der Waals surface area contributed by atoms with Gasteiger partial charge in [-0.3, -0.25) is 0 Å². The molecule has 0 saturated carbocycles. The molecule has 0 aliphatic rings. The molecule has 0 spiro atoms. The lowest BCUT2D eigenvalue weighted by molar-refractivity contribution is 0.0697. The molecule has 0 fully saturated rings. The standard InChI is InChI=1S/C13H19N3O5S/c1-2-22(20,21)16-8-7-14-13(19)15-9-10-3-5-11(6-4-10)12(17)18/h3-6,16H,2,7-9H2,1H3,(H,17,18)(H2,14,15,19). The summed E-state index contributed by atoms with van der Waals surface area (Å²) < 4.78 is 24.6. The summed E-state index contributed by atoms with van der Waals surface area (Å²) in [6.07, 6.45) is 0. The topological polar surface area (TPSA) is 125 Å². The Morgan fingerprint density at radius 2 is 1.73 bits per heavy atom. The molecule has 4 N–H and O–H groups in total. The number of rotatable bonds is 8. The van der Waals surface area contributed by atoms with Crippen LogP contribution in [-0.4, -0.2) is 44.4 Å². The van der Waals surface area contributed by atoms with Gasteiger partial charge in [-0.2, -0.15) is 0 Å². The Kier molecular flexibility index (Phi) is 6.80. The molecule has 122 valence electrons. The van der Waals surface area contributed by atoms with Crippen LogP contribution in [0.3, 0.4) is 0 Å². The molecule has 0 saturated heterocycles. The molecule has 0 bridgehead atoms. The Morgan fingerprint density at radius 3 is 2.27 bits per heavy atom. The van der Waals surface area contributed by atoms with Crippen molar-refractivity contribution < 1.29 is 23.1 Å². The van der Waals surface area contributed by atoms with Crippen molar-refractivity contribution >= 4 is 22.0 Å². The number of benzene rings is 1. The Balaban J connectivity index is 2.27. The number of nitrogens with one attached hydrogen (secondary N) is 3. The Labute approximate surface area is 129 Å². The van der Waals surface area contributed by atoms with Crippen LogP contribution in [0, 0.1) is 0 Å². The van der Waals surface area contributed by atoms with E-state index in [0.29, 0.717) is 0 Å². The summed E-state index contributed by atoms with van der Waals surface area (Å²) in [6.45, 7) is 2.06. The van der Waals surface area contributed by atoms with Crippen LogP contribution in [0.25, 0.3) is 0 Å². The molecule has 8 nitrogen and oxygen atoms in total. The number of carboxylic acid groups (broad SMARTS) is 1. The van der Waals surface area contributed by atoms with E-state index in [0.717, 1.165) is 5.56 Å². The van der Waals surface area contributed by atoms with Gasteiger partial charge in [0.05, 0.1) is 11.3 Å². The van der Waals surface area contributed by atoms with Crippen LogP contribution in [-0.2, 0) is 16.6 Å². The molecule has 0 heterocycles. The van der Waals surface area contributed by atoms with Crippen LogP contribution < -0.4 is 15.4 Å². The fourth-order valence-corrected chi connectivity index (χ4v) is 2.11. The molecule has 1 rings (SSSR count). The molecule has 0 aliphatic heterocycles.